The molecule has 0 saturated carbocycles. The summed E-state index contributed by atoms with van der Waals surface area (Å²) >= 11 is 9.00. The van der Waals surface area contributed by atoms with E-state index in [9.17, 15) is 4.79 Å². The molecule has 2 N–H and O–H groups in total. The van der Waals surface area contributed by atoms with Crippen LogP contribution >= 0.6 is 24.8 Å². The van der Waals surface area contributed by atoms with Crippen LogP contribution in [-0.2, 0) is 4.79 Å². The molecule has 0 spiro atoms. The van der Waals surface area contributed by atoms with Gasteiger partial charge in [0.2, 0.25) is 5.91 Å². The summed E-state index contributed by atoms with van der Waals surface area (Å²) in [6.07, 6.45) is 9.24. The average molecular weight is 340 g/mol. The number of unbranched alkanes of at least 4 members (excludes halogenated alkanes) is 6. The first-order valence-electron chi connectivity index (χ1n) is 8.06. The molecule has 0 saturated heterocycles. The Labute approximate surface area is 146 Å². The van der Waals surface area contributed by atoms with Gasteiger partial charge in [-0.2, -0.15) is 0 Å². The second kappa shape index (κ2) is 13.8. The molecule has 0 aromatic heterocycles. The lowest BCUT2D eigenvalue weighted by Gasteiger charge is -1.99. The summed E-state index contributed by atoms with van der Waals surface area (Å²) in [4.78, 5) is 10.4. The number of thiocarbonyl (C=S) groups is 1. The minimum atomic E-state index is -0.163. The van der Waals surface area contributed by atoms with Gasteiger partial charge in [-0.3, -0.25) is 4.79 Å². The minimum absolute atomic E-state index is 0.163. The molecule has 124 valence electrons. The van der Waals surface area contributed by atoms with E-state index in [1.165, 1.54) is 37.7 Å². The third-order valence-corrected chi connectivity index (χ3v) is 3.86. The van der Waals surface area contributed by atoms with E-state index in [4.69, 9.17) is 18.0 Å². The van der Waals surface area contributed by atoms with Gasteiger partial charge in [0.15, 0.2) is 0 Å². The van der Waals surface area contributed by atoms with Gasteiger partial charge in [0.25, 0.3) is 0 Å². The van der Waals surface area contributed by atoms with Gasteiger partial charge >= 0.3 is 0 Å². The van der Waals surface area contributed by atoms with E-state index in [1.54, 1.807) is 0 Å². The maximum Gasteiger partial charge on any atom is 0.217 e. The standard InChI is InChI=1S/C10H21NO.C8H8S2/c1-2-3-4-5-6-7-8-9-10(11)12;1-6-4-2-3-5-7(6)8(9)10/h2-9H2,1H3,(H2,11,12);2-5H,1H3,(H,9,10). The van der Waals surface area contributed by atoms with E-state index in [2.05, 4.69) is 19.6 Å². The Morgan fingerprint density at radius 3 is 2.09 bits per heavy atom. The van der Waals surface area contributed by atoms with Crippen LogP contribution in [0.15, 0.2) is 24.3 Å². The van der Waals surface area contributed by atoms with Crippen molar-refractivity contribution in [2.75, 3.05) is 0 Å². The van der Waals surface area contributed by atoms with Crippen LogP contribution < -0.4 is 5.73 Å². The van der Waals surface area contributed by atoms with E-state index in [1.807, 2.05) is 31.2 Å². The number of hydrogen-bond acceptors (Lipinski definition) is 2. The number of aryl methyl sites for hydroxylation is 1. The number of primary amides is 1. The predicted molar refractivity (Wildman–Crippen MR) is 104 cm³/mol. The Morgan fingerprint density at radius 2 is 1.64 bits per heavy atom. The lowest BCUT2D eigenvalue weighted by Crippen LogP contribution is -2.09. The molecule has 22 heavy (non-hydrogen) atoms. The molecule has 0 atom stereocenters. The van der Waals surface area contributed by atoms with Crippen molar-refractivity contribution in [3.8, 4) is 0 Å². The molecule has 2 nitrogen and oxygen atoms in total. The largest absolute Gasteiger partial charge is 0.370 e. The zero-order chi connectivity index (χ0) is 16.8. The second-order valence-electron chi connectivity index (χ2n) is 5.46. The first-order chi connectivity index (χ1) is 10.5. The molecule has 1 aromatic rings. The Kier molecular flexibility index (Phi) is 13.2. The van der Waals surface area contributed by atoms with E-state index in [-0.39, 0.29) is 5.91 Å². The Morgan fingerprint density at radius 1 is 1.09 bits per heavy atom. The van der Waals surface area contributed by atoms with Gasteiger partial charge < -0.3 is 5.73 Å². The number of carbonyl (C=O) groups excluding carboxylic acids is 1. The topological polar surface area (TPSA) is 43.1 Å². The molecule has 1 aromatic carbocycles. The number of benzene rings is 1. The predicted octanol–water partition coefficient (Wildman–Crippen LogP) is 5.21. The van der Waals surface area contributed by atoms with E-state index in [0.717, 1.165) is 18.4 Å². The zero-order valence-corrected chi connectivity index (χ0v) is 15.5. The number of carbonyl (C=O) groups is 1. The molecular weight excluding hydrogens is 310 g/mol. The van der Waals surface area contributed by atoms with Crippen molar-refractivity contribution < 1.29 is 4.79 Å². The summed E-state index contributed by atoms with van der Waals surface area (Å²) < 4.78 is 0.665. The van der Waals surface area contributed by atoms with Crippen molar-refractivity contribution in [3.05, 3.63) is 35.4 Å². The van der Waals surface area contributed by atoms with Crippen molar-refractivity contribution >= 4 is 35.0 Å². The Bertz CT molecular complexity index is 446. The number of hydrogen-bond donors (Lipinski definition) is 2. The highest BCUT2D eigenvalue weighted by atomic mass is 32.1. The molecular formula is C18H29NOS2. The molecule has 0 bridgehead atoms. The van der Waals surface area contributed by atoms with Crippen LogP contribution in [0.3, 0.4) is 0 Å². The van der Waals surface area contributed by atoms with Crippen molar-refractivity contribution in [3.63, 3.8) is 0 Å². The number of amides is 1. The van der Waals surface area contributed by atoms with E-state index >= 15 is 0 Å². The maximum atomic E-state index is 10.4. The summed E-state index contributed by atoms with van der Waals surface area (Å²) in [7, 11) is 0. The van der Waals surface area contributed by atoms with Crippen molar-refractivity contribution in [1.29, 1.82) is 0 Å². The molecule has 0 fully saturated rings. The third kappa shape index (κ3) is 11.8. The average Bonchev–Trinajstić information content (AvgIpc) is 2.47. The van der Waals surface area contributed by atoms with E-state index < -0.39 is 0 Å². The Hall–Kier alpha value is -0.870. The highest BCUT2D eigenvalue weighted by Crippen LogP contribution is 2.10. The van der Waals surface area contributed by atoms with Gasteiger partial charge in [-0.05, 0) is 18.9 Å². The molecule has 0 aliphatic rings. The molecule has 1 amide bonds. The zero-order valence-electron chi connectivity index (χ0n) is 13.8. The van der Waals surface area contributed by atoms with Crippen LogP contribution in [-0.4, -0.2) is 10.1 Å². The van der Waals surface area contributed by atoms with Gasteiger partial charge in [0.05, 0.1) is 4.20 Å². The molecule has 0 radical (unpaired) electrons. The van der Waals surface area contributed by atoms with Crippen LogP contribution in [0.4, 0.5) is 0 Å². The van der Waals surface area contributed by atoms with Crippen molar-refractivity contribution in [2.24, 2.45) is 5.73 Å². The highest BCUT2D eigenvalue weighted by molar-refractivity contribution is 8.11. The first kappa shape index (κ1) is 21.1. The molecule has 1 rings (SSSR count). The lowest BCUT2D eigenvalue weighted by molar-refractivity contribution is -0.118. The second-order valence-corrected chi connectivity index (χ2v) is 6.62. The van der Waals surface area contributed by atoms with Crippen LogP contribution in [0.25, 0.3) is 0 Å². The Balaban J connectivity index is 0.000000406. The first-order valence-corrected chi connectivity index (χ1v) is 8.91. The number of thiol groups is 1. The molecule has 0 unspecified atom stereocenters. The highest BCUT2D eigenvalue weighted by Gasteiger charge is 1.97. The van der Waals surface area contributed by atoms with Crippen LogP contribution in [0.2, 0.25) is 0 Å². The van der Waals surface area contributed by atoms with E-state index in [0.29, 0.717) is 10.6 Å². The minimum Gasteiger partial charge on any atom is -0.370 e. The van der Waals surface area contributed by atoms with Gasteiger partial charge in [0.1, 0.15) is 0 Å². The van der Waals surface area contributed by atoms with Crippen molar-refractivity contribution in [2.45, 2.75) is 65.2 Å². The summed E-state index contributed by atoms with van der Waals surface area (Å²) in [6.45, 7) is 4.24. The van der Waals surface area contributed by atoms with Crippen LogP contribution in [0, 0.1) is 6.92 Å². The molecule has 0 heterocycles. The van der Waals surface area contributed by atoms with Gasteiger partial charge in [0, 0.05) is 12.0 Å². The van der Waals surface area contributed by atoms with Gasteiger partial charge in [-0.25, -0.2) is 0 Å². The maximum absolute atomic E-state index is 10.4. The number of rotatable bonds is 9. The normalized spacial score (nSPS) is 9.77. The molecule has 4 heteroatoms. The summed E-state index contributed by atoms with van der Waals surface area (Å²) in [6, 6.07) is 7.96. The van der Waals surface area contributed by atoms with Gasteiger partial charge in [-0.1, -0.05) is 81.9 Å². The third-order valence-electron chi connectivity index (χ3n) is 3.40. The number of nitrogens with two attached hydrogens (primary N) is 1. The summed E-state index contributed by atoms with van der Waals surface area (Å²) in [5.74, 6) is -0.163. The fourth-order valence-corrected chi connectivity index (χ4v) is 2.55. The quantitative estimate of drug-likeness (QED) is 0.368. The molecule has 0 aliphatic heterocycles. The SMILES string of the molecule is CCCCCCCCCC(N)=O.Cc1ccccc1C(=S)S. The fraction of sp³-hybridized carbons (Fsp3) is 0.556. The lowest BCUT2D eigenvalue weighted by atomic mass is 10.1. The summed E-state index contributed by atoms with van der Waals surface area (Å²) in [5, 5.41) is 0. The van der Waals surface area contributed by atoms with Crippen LogP contribution in [0.1, 0.15) is 69.4 Å². The monoisotopic (exact) mass is 339 g/mol. The van der Waals surface area contributed by atoms with Crippen LogP contribution in [0.5, 0.6) is 0 Å². The summed E-state index contributed by atoms with van der Waals surface area (Å²) in [5.41, 5.74) is 7.26. The smallest absolute Gasteiger partial charge is 0.217 e. The fourth-order valence-electron chi connectivity index (χ4n) is 2.07. The van der Waals surface area contributed by atoms with Gasteiger partial charge in [-0.15, -0.1) is 12.6 Å². The molecule has 0 aliphatic carbocycles. The van der Waals surface area contributed by atoms with Crippen molar-refractivity contribution in [1.82, 2.24) is 0 Å².